The Morgan fingerprint density at radius 2 is 1.45 bits per heavy atom. The number of carboxylic acids is 1. The van der Waals surface area contributed by atoms with Gasteiger partial charge in [0, 0.05) is 11.1 Å². The molecule has 0 bridgehead atoms. The average molecular weight is 436 g/mol. The third-order valence-electron chi connectivity index (χ3n) is 4.32. The summed E-state index contributed by atoms with van der Waals surface area (Å²) in [6, 6.07) is 9.46. The van der Waals surface area contributed by atoms with Crippen LogP contribution in [0.1, 0.15) is 40.1 Å². The Morgan fingerprint density at radius 3 is 1.97 bits per heavy atom. The van der Waals surface area contributed by atoms with Crippen LogP contribution in [0.4, 0.5) is 18.9 Å². The van der Waals surface area contributed by atoms with Gasteiger partial charge in [-0.1, -0.05) is 38.1 Å². The van der Waals surface area contributed by atoms with Gasteiger partial charge in [-0.2, -0.15) is 13.2 Å². The van der Waals surface area contributed by atoms with E-state index >= 15 is 0 Å². The van der Waals surface area contributed by atoms with Crippen molar-refractivity contribution in [2.24, 2.45) is 5.92 Å². The number of benzene rings is 2. The Balaban J connectivity index is 2.27. The number of rotatable bonds is 7. The van der Waals surface area contributed by atoms with Crippen molar-refractivity contribution < 1.29 is 37.5 Å². The summed E-state index contributed by atoms with van der Waals surface area (Å²) in [5.41, 5.74) is 0.214. The number of aromatic carboxylic acids is 1. The van der Waals surface area contributed by atoms with Gasteiger partial charge in [-0.15, -0.1) is 0 Å². The van der Waals surface area contributed by atoms with E-state index in [1.54, 1.807) is 5.32 Å². The predicted molar refractivity (Wildman–Crippen MR) is 105 cm³/mol. The van der Waals surface area contributed by atoms with Crippen LogP contribution in [-0.4, -0.2) is 40.9 Å². The number of carbonyl (C=O) groups is 4. The Labute approximate surface area is 175 Å². The van der Waals surface area contributed by atoms with Gasteiger partial charge < -0.3 is 15.7 Å². The summed E-state index contributed by atoms with van der Waals surface area (Å²) in [6.07, 6.45) is -5.15. The first-order valence-corrected chi connectivity index (χ1v) is 9.07. The highest BCUT2D eigenvalue weighted by molar-refractivity contribution is 6.14. The van der Waals surface area contributed by atoms with E-state index in [4.69, 9.17) is 5.11 Å². The first-order valence-electron chi connectivity index (χ1n) is 9.07. The second-order valence-electron chi connectivity index (χ2n) is 6.94. The van der Waals surface area contributed by atoms with Crippen LogP contribution < -0.4 is 10.6 Å². The topological polar surface area (TPSA) is 113 Å². The van der Waals surface area contributed by atoms with Crippen LogP contribution in [0, 0.1) is 5.92 Å². The van der Waals surface area contributed by atoms with Crippen molar-refractivity contribution in [3.63, 3.8) is 0 Å². The molecule has 2 aromatic carbocycles. The average Bonchev–Trinajstić information content (AvgIpc) is 2.70. The van der Waals surface area contributed by atoms with Gasteiger partial charge in [0.2, 0.25) is 5.91 Å². The highest BCUT2D eigenvalue weighted by Gasteiger charge is 2.41. The molecule has 0 aliphatic carbocycles. The lowest BCUT2D eigenvalue weighted by atomic mass is 9.99. The Kier molecular flexibility index (Phi) is 7.16. The van der Waals surface area contributed by atoms with Crippen molar-refractivity contribution in [2.75, 3.05) is 5.32 Å². The van der Waals surface area contributed by atoms with E-state index in [0.29, 0.717) is 0 Å². The molecular formula is C21H19F3N2O5. The highest BCUT2D eigenvalue weighted by atomic mass is 19.4. The number of alkyl halides is 3. The third-order valence-corrected chi connectivity index (χ3v) is 4.32. The molecule has 0 aliphatic heterocycles. The normalized spacial score (nSPS) is 12.2. The summed E-state index contributed by atoms with van der Waals surface area (Å²) >= 11 is 0. The molecule has 0 aromatic heterocycles. The first-order chi connectivity index (χ1) is 14.4. The van der Waals surface area contributed by atoms with Crippen molar-refractivity contribution in [2.45, 2.75) is 26.1 Å². The maximum absolute atomic E-state index is 12.8. The molecule has 2 aromatic rings. The molecule has 0 saturated heterocycles. The number of para-hydroxylation sites is 1. The van der Waals surface area contributed by atoms with Crippen LogP contribution in [0.3, 0.4) is 0 Å². The van der Waals surface area contributed by atoms with E-state index in [-0.39, 0.29) is 22.4 Å². The molecule has 0 radical (unpaired) electrons. The van der Waals surface area contributed by atoms with Gasteiger partial charge in [0.25, 0.3) is 0 Å². The molecule has 1 atom stereocenters. The standard InChI is InChI=1S/C21H19F3N2O5/c1-11(2)16(26-20(31)21(22,23)24)18(28)25-15-6-4-3-5-14(15)17(27)12-7-9-13(10-8-12)19(29)30/h3-11,16H,1-2H3,(H,25,28)(H,26,31)(H,29,30). The number of carbonyl (C=O) groups excluding carboxylic acids is 3. The van der Waals surface area contributed by atoms with Crippen molar-refractivity contribution in [1.29, 1.82) is 0 Å². The predicted octanol–water partition coefficient (Wildman–Crippen LogP) is 3.26. The zero-order valence-electron chi connectivity index (χ0n) is 16.5. The van der Waals surface area contributed by atoms with Gasteiger partial charge in [0.1, 0.15) is 6.04 Å². The lowest BCUT2D eigenvalue weighted by molar-refractivity contribution is -0.175. The molecule has 31 heavy (non-hydrogen) atoms. The maximum Gasteiger partial charge on any atom is 0.471 e. The van der Waals surface area contributed by atoms with Gasteiger partial charge >= 0.3 is 18.1 Å². The summed E-state index contributed by atoms with van der Waals surface area (Å²) in [7, 11) is 0. The minimum Gasteiger partial charge on any atom is -0.478 e. The van der Waals surface area contributed by atoms with E-state index in [2.05, 4.69) is 5.32 Å². The monoisotopic (exact) mass is 436 g/mol. The van der Waals surface area contributed by atoms with E-state index < -0.39 is 41.7 Å². The molecule has 3 N–H and O–H groups in total. The van der Waals surface area contributed by atoms with Gasteiger partial charge in [-0.25, -0.2) is 4.79 Å². The summed E-state index contributed by atoms with van der Waals surface area (Å²) in [6.45, 7) is 2.92. The van der Waals surface area contributed by atoms with Crippen LogP contribution in [0.5, 0.6) is 0 Å². The third kappa shape index (κ3) is 5.91. The van der Waals surface area contributed by atoms with Crippen LogP contribution in [0.15, 0.2) is 48.5 Å². The highest BCUT2D eigenvalue weighted by Crippen LogP contribution is 2.21. The lowest BCUT2D eigenvalue weighted by Gasteiger charge is -2.23. The van der Waals surface area contributed by atoms with E-state index in [0.717, 1.165) is 0 Å². The summed E-state index contributed by atoms with van der Waals surface area (Å²) in [5.74, 6) is -5.53. The van der Waals surface area contributed by atoms with E-state index in [1.807, 2.05) is 0 Å². The second kappa shape index (κ2) is 9.41. The molecule has 0 spiro atoms. The fourth-order valence-electron chi connectivity index (χ4n) is 2.68. The Hall–Kier alpha value is -3.69. The smallest absolute Gasteiger partial charge is 0.471 e. The van der Waals surface area contributed by atoms with Crippen LogP contribution >= 0.6 is 0 Å². The zero-order chi connectivity index (χ0) is 23.3. The Morgan fingerprint density at radius 1 is 0.903 bits per heavy atom. The number of ketones is 1. The van der Waals surface area contributed by atoms with Gasteiger partial charge in [-0.3, -0.25) is 14.4 Å². The molecule has 10 heteroatoms. The molecular weight excluding hydrogens is 417 g/mol. The quantitative estimate of drug-likeness (QED) is 0.577. The van der Waals surface area contributed by atoms with Crippen LogP contribution in [-0.2, 0) is 9.59 Å². The molecule has 2 rings (SSSR count). The Bertz CT molecular complexity index is 1000. The maximum atomic E-state index is 12.8. The first kappa shape index (κ1) is 23.6. The molecule has 164 valence electrons. The van der Waals surface area contributed by atoms with E-state index in [9.17, 15) is 32.3 Å². The number of hydrogen-bond acceptors (Lipinski definition) is 4. The number of amides is 2. The molecule has 2 amide bonds. The number of anilines is 1. The minimum atomic E-state index is -5.15. The fourth-order valence-corrected chi connectivity index (χ4v) is 2.68. The van der Waals surface area contributed by atoms with Gasteiger partial charge in [0.15, 0.2) is 5.78 Å². The van der Waals surface area contributed by atoms with Crippen molar-refractivity contribution in [1.82, 2.24) is 5.32 Å². The largest absolute Gasteiger partial charge is 0.478 e. The SMILES string of the molecule is CC(C)C(NC(=O)C(F)(F)F)C(=O)Nc1ccccc1C(=O)c1ccc(C(=O)O)cc1. The molecule has 0 aliphatic rings. The lowest BCUT2D eigenvalue weighted by Crippen LogP contribution is -2.51. The van der Waals surface area contributed by atoms with Crippen molar-refractivity contribution >= 4 is 29.3 Å². The number of carboxylic acid groups (broad SMARTS) is 1. The summed E-state index contributed by atoms with van der Waals surface area (Å²) < 4.78 is 37.7. The molecule has 1 unspecified atom stereocenters. The molecule has 0 fully saturated rings. The summed E-state index contributed by atoms with van der Waals surface area (Å²) in [4.78, 5) is 47.6. The van der Waals surface area contributed by atoms with Gasteiger partial charge in [-0.05, 0) is 30.2 Å². The number of hydrogen-bond donors (Lipinski definition) is 3. The van der Waals surface area contributed by atoms with E-state index in [1.165, 1.54) is 62.4 Å². The summed E-state index contributed by atoms with van der Waals surface area (Å²) in [5, 5.41) is 13.0. The van der Waals surface area contributed by atoms with Crippen molar-refractivity contribution in [3.05, 3.63) is 65.2 Å². The molecule has 0 saturated carbocycles. The zero-order valence-corrected chi connectivity index (χ0v) is 16.5. The fraction of sp³-hybridized carbons (Fsp3) is 0.238. The molecule has 7 nitrogen and oxygen atoms in total. The number of halogens is 3. The van der Waals surface area contributed by atoms with Crippen LogP contribution in [0.2, 0.25) is 0 Å². The molecule has 0 heterocycles. The minimum absolute atomic E-state index is 0.0154. The van der Waals surface area contributed by atoms with Gasteiger partial charge in [0.05, 0.1) is 11.3 Å². The van der Waals surface area contributed by atoms with Crippen molar-refractivity contribution in [3.8, 4) is 0 Å². The number of nitrogens with one attached hydrogen (secondary N) is 2. The second-order valence-corrected chi connectivity index (χ2v) is 6.94. The van der Waals surface area contributed by atoms with Crippen LogP contribution in [0.25, 0.3) is 0 Å².